The number of carbonyl (C=O) groups is 4. The third-order valence-corrected chi connectivity index (χ3v) is 5.82. The van der Waals surface area contributed by atoms with Gasteiger partial charge in [0, 0.05) is 43.3 Å². The Balaban J connectivity index is 1.21. The highest BCUT2D eigenvalue weighted by atomic mass is 16.5. The summed E-state index contributed by atoms with van der Waals surface area (Å²) in [6.07, 6.45) is 2.64. The molecule has 2 aliphatic rings. The fourth-order valence-electron chi connectivity index (χ4n) is 3.95. The Morgan fingerprint density at radius 3 is 2.43 bits per heavy atom. The largest absolute Gasteiger partial charge is 0.379 e. The van der Waals surface area contributed by atoms with E-state index in [1.165, 1.54) is 0 Å². The van der Waals surface area contributed by atoms with Gasteiger partial charge >= 0.3 is 0 Å². The first-order valence-electron chi connectivity index (χ1n) is 12.0. The third kappa shape index (κ3) is 8.93. The van der Waals surface area contributed by atoms with Gasteiger partial charge in [-0.25, -0.2) is 0 Å². The Morgan fingerprint density at radius 1 is 1.03 bits per heavy atom. The normalized spacial score (nSPS) is 15.4. The molecule has 11 nitrogen and oxygen atoms in total. The van der Waals surface area contributed by atoms with Crippen LogP contribution in [0.4, 0.5) is 5.69 Å². The van der Waals surface area contributed by atoms with Gasteiger partial charge in [0.1, 0.15) is 0 Å². The van der Waals surface area contributed by atoms with Gasteiger partial charge in [0.15, 0.2) is 0 Å². The van der Waals surface area contributed by atoms with Crippen molar-refractivity contribution in [3.63, 3.8) is 0 Å². The molecule has 1 aromatic rings. The van der Waals surface area contributed by atoms with Crippen LogP contribution in [0.25, 0.3) is 0 Å². The molecule has 0 saturated carbocycles. The van der Waals surface area contributed by atoms with Crippen LogP contribution in [0.15, 0.2) is 18.2 Å². The van der Waals surface area contributed by atoms with Crippen molar-refractivity contribution < 1.29 is 33.4 Å². The van der Waals surface area contributed by atoms with Crippen molar-refractivity contribution in [1.29, 1.82) is 0 Å². The van der Waals surface area contributed by atoms with Gasteiger partial charge in [-0.05, 0) is 30.5 Å². The van der Waals surface area contributed by atoms with Crippen LogP contribution in [0.2, 0.25) is 0 Å². The van der Waals surface area contributed by atoms with Crippen LogP contribution in [0, 0.1) is 0 Å². The fraction of sp³-hybridized carbons (Fsp3) is 0.583. The lowest BCUT2D eigenvalue weighted by atomic mass is 10.0. The molecule has 2 aliphatic heterocycles. The highest BCUT2D eigenvalue weighted by Gasteiger charge is 2.26. The van der Waals surface area contributed by atoms with E-state index in [0.717, 1.165) is 5.56 Å². The monoisotopic (exact) mass is 490 g/mol. The van der Waals surface area contributed by atoms with Gasteiger partial charge in [-0.2, -0.15) is 0 Å². The van der Waals surface area contributed by atoms with E-state index < -0.39 is 0 Å². The number of carbonyl (C=O) groups excluding carboxylic acids is 4. The number of rotatable bonds is 15. The van der Waals surface area contributed by atoms with Crippen LogP contribution >= 0.6 is 0 Å². The molecule has 0 aliphatic carbocycles. The Kier molecular flexibility index (Phi) is 10.9. The summed E-state index contributed by atoms with van der Waals surface area (Å²) in [7, 11) is 0. The zero-order valence-electron chi connectivity index (χ0n) is 19.9. The molecule has 192 valence electrons. The lowest BCUT2D eigenvalue weighted by molar-refractivity contribution is -0.123. The number of hydrogen-bond donors (Lipinski definition) is 3. The maximum absolute atomic E-state index is 12.8. The molecule has 3 N–H and O–H groups in total. The summed E-state index contributed by atoms with van der Waals surface area (Å²) >= 11 is 0. The van der Waals surface area contributed by atoms with Crippen molar-refractivity contribution in [3.05, 3.63) is 29.3 Å². The topological polar surface area (TPSA) is 135 Å². The molecular formula is C24H34N4O7. The number of piperidine rings is 1. The Morgan fingerprint density at radius 2 is 1.71 bits per heavy atom. The Bertz CT molecular complexity index is 871. The summed E-state index contributed by atoms with van der Waals surface area (Å²) in [5.74, 6) is -0.180. The molecule has 3 rings (SSSR count). The van der Waals surface area contributed by atoms with Crippen molar-refractivity contribution in [2.75, 3.05) is 64.6 Å². The molecule has 2 heterocycles. The molecule has 0 radical (unpaired) electrons. The van der Waals surface area contributed by atoms with Crippen LogP contribution in [0.3, 0.4) is 0 Å². The number of nitrogens with one attached hydrogen (secondary N) is 3. The number of nitrogens with zero attached hydrogens (tertiary/aromatic N) is 1. The SMILES string of the molecule is O=CNCCOCCOCCOCCC(=O)NC1CCN(C(=O)c2ccc3c(c2)NC(=O)C3)CC1. The summed E-state index contributed by atoms with van der Waals surface area (Å²) in [5, 5.41) is 8.30. The Hall–Kier alpha value is -3.02. The molecule has 0 spiro atoms. The molecule has 0 aromatic heterocycles. The van der Waals surface area contributed by atoms with Gasteiger partial charge in [0.05, 0.1) is 46.1 Å². The molecule has 1 saturated heterocycles. The number of benzene rings is 1. The number of hydrogen-bond acceptors (Lipinski definition) is 7. The van der Waals surface area contributed by atoms with Crippen LogP contribution in [-0.4, -0.2) is 94.3 Å². The minimum absolute atomic E-state index is 0.0379. The minimum Gasteiger partial charge on any atom is -0.379 e. The van der Waals surface area contributed by atoms with Crippen molar-refractivity contribution in [2.45, 2.75) is 31.7 Å². The average molecular weight is 491 g/mol. The summed E-state index contributed by atoms with van der Waals surface area (Å²) < 4.78 is 16.1. The zero-order valence-corrected chi connectivity index (χ0v) is 19.9. The maximum atomic E-state index is 12.8. The van der Waals surface area contributed by atoms with Crippen LogP contribution < -0.4 is 16.0 Å². The molecular weight excluding hydrogens is 456 g/mol. The second kappa shape index (κ2) is 14.4. The highest BCUT2D eigenvalue weighted by molar-refractivity contribution is 6.02. The maximum Gasteiger partial charge on any atom is 0.253 e. The van der Waals surface area contributed by atoms with Crippen LogP contribution in [0.5, 0.6) is 0 Å². The predicted octanol–water partition coefficient (Wildman–Crippen LogP) is 0.0879. The molecule has 0 atom stereocenters. The minimum atomic E-state index is -0.0672. The van der Waals surface area contributed by atoms with Crippen molar-refractivity contribution in [3.8, 4) is 0 Å². The quantitative estimate of drug-likeness (QED) is 0.234. The van der Waals surface area contributed by atoms with Crippen LogP contribution in [0.1, 0.15) is 35.2 Å². The van der Waals surface area contributed by atoms with E-state index in [1.54, 1.807) is 17.0 Å². The fourth-order valence-corrected chi connectivity index (χ4v) is 3.95. The first-order chi connectivity index (χ1) is 17.1. The summed E-state index contributed by atoms with van der Waals surface area (Å²) in [4.78, 5) is 48.4. The second-order valence-electron chi connectivity index (χ2n) is 8.39. The summed E-state index contributed by atoms with van der Waals surface area (Å²) in [6.45, 7) is 4.06. The molecule has 4 amide bonds. The summed E-state index contributed by atoms with van der Waals surface area (Å²) in [5.41, 5.74) is 2.19. The van der Waals surface area contributed by atoms with E-state index in [9.17, 15) is 19.2 Å². The molecule has 1 fully saturated rings. The third-order valence-electron chi connectivity index (χ3n) is 5.82. The lowest BCUT2D eigenvalue weighted by Crippen LogP contribution is -2.46. The number of likely N-dealkylation sites (tertiary alicyclic amines) is 1. The van der Waals surface area contributed by atoms with Gasteiger partial charge in [-0.1, -0.05) is 6.07 Å². The highest BCUT2D eigenvalue weighted by Crippen LogP contribution is 2.25. The van der Waals surface area contributed by atoms with Crippen molar-refractivity contribution in [1.82, 2.24) is 15.5 Å². The van der Waals surface area contributed by atoms with Gasteiger partial charge in [0.2, 0.25) is 18.2 Å². The van der Waals surface area contributed by atoms with Gasteiger partial charge in [-0.15, -0.1) is 0 Å². The smallest absolute Gasteiger partial charge is 0.253 e. The van der Waals surface area contributed by atoms with E-state index in [1.807, 2.05) is 6.07 Å². The van der Waals surface area contributed by atoms with E-state index >= 15 is 0 Å². The zero-order chi connectivity index (χ0) is 24.9. The molecule has 0 bridgehead atoms. The predicted molar refractivity (Wildman–Crippen MR) is 127 cm³/mol. The number of ether oxygens (including phenoxy) is 3. The number of anilines is 1. The average Bonchev–Trinajstić information content (AvgIpc) is 3.24. The van der Waals surface area contributed by atoms with E-state index in [0.29, 0.717) is 96.2 Å². The number of amides is 4. The van der Waals surface area contributed by atoms with Gasteiger partial charge in [0.25, 0.3) is 5.91 Å². The van der Waals surface area contributed by atoms with Gasteiger partial charge < -0.3 is 35.1 Å². The Labute approximate surface area is 204 Å². The second-order valence-corrected chi connectivity index (χ2v) is 8.39. The summed E-state index contributed by atoms with van der Waals surface area (Å²) in [6, 6.07) is 5.37. The van der Waals surface area contributed by atoms with E-state index in [4.69, 9.17) is 14.2 Å². The molecule has 0 unspecified atom stereocenters. The molecule has 35 heavy (non-hydrogen) atoms. The van der Waals surface area contributed by atoms with Crippen molar-refractivity contribution >= 4 is 29.8 Å². The lowest BCUT2D eigenvalue weighted by Gasteiger charge is -2.32. The molecule has 1 aromatic carbocycles. The van der Waals surface area contributed by atoms with Crippen LogP contribution in [-0.2, 0) is 35.0 Å². The van der Waals surface area contributed by atoms with Crippen molar-refractivity contribution in [2.24, 2.45) is 0 Å². The first kappa shape index (κ1) is 26.6. The first-order valence-corrected chi connectivity index (χ1v) is 12.0. The standard InChI is InChI=1S/C24H34N4O7/c29-17-25-6-10-34-12-14-35-13-11-33-9-5-22(30)26-20-3-7-28(8-4-20)24(32)19-2-1-18-16-23(31)27-21(18)15-19/h1-2,15,17,20H,3-14,16H2,(H,25,29)(H,26,30)(H,27,31). The molecule has 11 heteroatoms. The van der Waals surface area contributed by atoms with E-state index in [-0.39, 0.29) is 30.2 Å². The van der Waals surface area contributed by atoms with E-state index in [2.05, 4.69) is 16.0 Å². The van der Waals surface area contributed by atoms with Gasteiger partial charge in [-0.3, -0.25) is 19.2 Å². The number of fused-ring (bicyclic) bond motifs is 1.